The first-order valence-corrected chi connectivity index (χ1v) is 8.17. The van der Waals surface area contributed by atoms with Crippen molar-refractivity contribution in [1.82, 2.24) is 15.4 Å². The second-order valence-electron chi connectivity index (χ2n) is 5.77. The van der Waals surface area contributed by atoms with Crippen LogP contribution < -0.4 is 5.32 Å². The van der Waals surface area contributed by atoms with Crippen LogP contribution in [0.3, 0.4) is 0 Å². The van der Waals surface area contributed by atoms with Gasteiger partial charge in [0.05, 0.1) is 5.69 Å². The topological polar surface area (TPSA) is 53.7 Å². The molecule has 0 saturated heterocycles. The zero-order chi connectivity index (χ0) is 17.5. The first-order chi connectivity index (χ1) is 11.5. The molecule has 0 bridgehead atoms. The van der Waals surface area contributed by atoms with Crippen molar-refractivity contribution in [2.24, 2.45) is 4.99 Å². The van der Waals surface area contributed by atoms with Crippen LogP contribution >= 0.6 is 0 Å². The van der Waals surface area contributed by atoms with Gasteiger partial charge in [0.2, 0.25) is 0 Å². The van der Waals surface area contributed by atoms with Crippen LogP contribution in [0.4, 0.5) is 4.39 Å². The van der Waals surface area contributed by atoms with E-state index in [1.165, 1.54) is 6.07 Å². The maximum Gasteiger partial charge on any atom is 0.193 e. The minimum atomic E-state index is -0.221. The second kappa shape index (κ2) is 8.47. The van der Waals surface area contributed by atoms with Crippen molar-refractivity contribution in [3.63, 3.8) is 0 Å². The number of aliphatic imine (C=N–C) groups is 1. The van der Waals surface area contributed by atoms with Crippen LogP contribution in [0.1, 0.15) is 29.5 Å². The third-order valence-corrected chi connectivity index (χ3v) is 3.81. The van der Waals surface area contributed by atoms with E-state index in [1.54, 1.807) is 12.1 Å². The average Bonchev–Trinajstić information content (AvgIpc) is 2.85. The maximum atomic E-state index is 13.3. The van der Waals surface area contributed by atoms with Crippen LogP contribution in [-0.4, -0.2) is 36.2 Å². The van der Waals surface area contributed by atoms with E-state index in [4.69, 9.17) is 4.52 Å². The van der Waals surface area contributed by atoms with Gasteiger partial charge in [0.1, 0.15) is 11.6 Å². The van der Waals surface area contributed by atoms with E-state index >= 15 is 0 Å². The van der Waals surface area contributed by atoms with Gasteiger partial charge in [0, 0.05) is 32.2 Å². The molecule has 130 valence electrons. The molecule has 2 rings (SSSR count). The molecule has 6 heteroatoms. The summed E-state index contributed by atoms with van der Waals surface area (Å²) in [5, 5.41) is 7.23. The number of guanidine groups is 1. The van der Waals surface area contributed by atoms with Crippen molar-refractivity contribution in [3.8, 4) is 0 Å². The SMILES string of the molecule is CCNC(=NCCc1c(C)noc1C)N(C)Cc1cccc(F)c1. The Morgan fingerprint density at radius 3 is 2.79 bits per heavy atom. The van der Waals surface area contributed by atoms with Gasteiger partial charge in [0.25, 0.3) is 0 Å². The number of hydrogen-bond donors (Lipinski definition) is 1. The van der Waals surface area contributed by atoms with Gasteiger partial charge in [-0.3, -0.25) is 4.99 Å². The molecule has 5 nitrogen and oxygen atoms in total. The van der Waals surface area contributed by atoms with Gasteiger partial charge >= 0.3 is 0 Å². The summed E-state index contributed by atoms with van der Waals surface area (Å²) >= 11 is 0. The molecule has 1 heterocycles. The molecule has 0 aliphatic rings. The molecular formula is C18H25FN4O. The molecule has 0 saturated carbocycles. The van der Waals surface area contributed by atoms with Gasteiger partial charge < -0.3 is 14.7 Å². The third-order valence-electron chi connectivity index (χ3n) is 3.81. The molecule has 0 aliphatic heterocycles. The highest BCUT2D eigenvalue weighted by Crippen LogP contribution is 2.13. The Hall–Kier alpha value is -2.37. The largest absolute Gasteiger partial charge is 0.361 e. The van der Waals surface area contributed by atoms with Gasteiger partial charge in [-0.25, -0.2) is 4.39 Å². The van der Waals surface area contributed by atoms with Crippen molar-refractivity contribution in [2.75, 3.05) is 20.1 Å². The number of hydrogen-bond acceptors (Lipinski definition) is 3. The van der Waals surface area contributed by atoms with Gasteiger partial charge in [-0.1, -0.05) is 17.3 Å². The van der Waals surface area contributed by atoms with Gasteiger partial charge in [-0.05, 0) is 44.9 Å². The summed E-state index contributed by atoms with van der Waals surface area (Å²) in [7, 11) is 1.95. The quantitative estimate of drug-likeness (QED) is 0.652. The lowest BCUT2D eigenvalue weighted by molar-refractivity contribution is 0.392. The summed E-state index contributed by atoms with van der Waals surface area (Å²) in [6, 6.07) is 6.63. The summed E-state index contributed by atoms with van der Waals surface area (Å²) in [5.41, 5.74) is 2.94. The lowest BCUT2D eigenvalue weighted by Gasteiger charge is -2.22. The summed E-state index contributed by atoms with van der Waals surface area (Å²) < 4.78 is 18.5. The van der Waals surface area contributed by atoms with E-state index in [9.17, 15) is 4.39 Å². The molecule has 1 N–H and O–H groups in total. The van der Waals surface area contributed by atoms with Crippen LogP contribution in [0.5, 0.6) is 0 Å². The van der Waals surface area contributed by atoms with Crippen LogP contribution in [0.25, 0.3) is 0 Å². The van der Waals surface area contributed by atoms with E-state index in [0.717, 1.165) is 41.5 Å². The van der Waals surface area contributed by atoms with Gasteiger partial charge in [-0.15, -0.1) is 0 Å². The summed E-state index contributed by atoms with van der Waals surface area (Å²) in [6.45, 7) is 7.89. The predicted octanol–water partition coefficient (Wildman–Crippen LogP) is 3.07. The van der Waals surface area contributed by atoms with Crippen molar-refractivity contribution in [3.05, 3.63) is 52.7 Å². The van der Waals surface area contributed by atoms with E-state index in [1.807, 2.05) is 38.8 Å². The van der Waals surface area contributed by atoms with E-state index in [0.29, 0.717) is 13.1 Å². The smallest absolute Gasteiger partial charge is 0.193 e. The number of aryl methyl sites for hydroxylation is 2. The zero-order valence-electron chi connectivity index (χ0n) is 14.8. The third kappa shape index (κ3) is 4.81. The molecule has 2 aromatic rings. The Balaban J connectivity index is 2.01. The lowest BCUT2D eigenvalue weighted by Crippen LogP contribution is -2.38. The Morgan fingerprint density at radius 2 is 2.17 bits per heavy atom. The first kappa shape index (κ1) is 18.0. The molecule has 0 atom stereocenters. The molecule has 0 radical (unpaired) electrons. The fourth-order valence-electron chi connectivity index (χ4n) is 2.59. The van der Waals surface area contributed by atoms with Gasteiger partial charge in [0.15, 0.2) is 5.96 Å². The molecule has 1 aromatic carbocycles. The van der Waals surface area contributed by atoms with Crippen LogP contribution in [0.15, 0.2) is 33.8 Å². The minimum absolute atomic E-state index is 0.221. The zero-order valence-corrected chi connectivity index (χ0v) is 14.8. The number of aromatic nitrogens is 1. The van der Waals surface area contributed by atoms with E-state index in [2.05, 4.69) is 15.5 Å². The van der Waals surface area contributed by atoms with Crippen LogP contribution in [0, 0.1) is 19.7 Å². The van der Waals surface area contributed by atoms with Crippen molar-refractivity contribution in [1.29, 1.82) is 0 Å². The number of halogens is 1. The Morgan fingerprint density at radius 1 is 1.38 bits per heavy atom. The Kier molecular flexibility index (Phi) is 6.35. The molecule has 24 heavy (non-hydrogen) atoms. The molecule has 0 spiro atoms. The molecule has 0 aliphatic carbocycles. The minimum Gasteiger partial charge on any atom is -0.361 e. The molecular weight excluding hydrogens is 307 g/mol. The second-order valence-corrected chi connectivity index (χ2v) is 5.77. The summed E-state index contributed by atoms with van der Waals surface area (Å²) in [6.07, 6.45) is 0.782. The highest BCUT2D eigenvalue weighted by molar-refractivity contribution is 5.79. The number of nitrogens with one attached hydrogen (secondary N) is 1. The van der Waals surface area contributed by atoms with E-state index in [-0.39, 0.29) is 5.82 Å². The summed E-state index contributed by atoms with van der Waals surface area (Å²) in [4.78, 5) is 6.65. The Bertz CT molecular complexity index is 677. The van der Waals surface area contributed by atoms with Crippen LogP contribution in [0.2, 0.25) is 0 Å². The fraction of sp³-hybridized carbons (Fsp3) is 0.444. The standard InChI is InChI=1S/C18H25FN4O/c1-5-20-18(21-10-9-17-13(2)22-24-14(17)3)23(4)12-15-7-6-8-16(19)11-15/h6-8,11H,5,9-10,12H2,1-4H3,(H,20,21). The van der Waals surface area contributed by atoms with Crippen molar-refractivity contribution in [2.45, 2.75) is 33.7 Å². The number of nitrogens with zero attached hydrogens (tertiary/aromatic N) is 3. The average molecular weight is 332 g/mol. The molecule has 1 aromatic heterocycles. The van der Waals surface area contributed by atoms with Gasteiger partial charge in [-0.2, -0.15) is 0 Å². The van der Waals surface area contributed by atoms with E-state index < -0.39 is 0 Å². The predicted molar refractivity (Wildman–Crippen MR) is 93.5 cm³/mol. The normalized spacial score (nSPS) is 11.6. The highest BCUT2D eigenvalue weighted by Gasteiger charge is 2.10. The molecule has 0 unspecified atom stereocenters. The number of benzene rings is 1. The maximum absolute atomic E-state index is 13.3. The summed E-state index contributed by atoms with van der Waals surface area (Å²) in [5.74, 6) is 1.43. The number of rotatable bonds is 6. The first-order valence-electron chi connectivity index (χ1n) is 8.17. The highest BCUT2D eigenvalue weighted by atomic mass is 19.1. The van der Waals surface area contributed by atoms with Crippen LogP contribution in [-0.2, 0) is 13.0 Å². The van der Waals surface area contributed by atoms with Crippen molar-refractivity contribution < 1.29 is 8.91 Å². The fourth-order valence-corrected chi connectivity index (χ4v) is 2.59. The Labute approximate surface area is 142 Å². The van der Waals surface area contributed by atoms with Crippen molar-refractivity contribution >= 4 is 5.96 Å². The molecule has 0 fully saturated rings. The lowest BCUT2D eigenvalue weighted by atomic mass is 10.1. The molecule has 0 amide bonds. The monoisotopic (exact) mass is 332 g/mol.